The average molecular weight is 468 g/mol. The van der Waals surface area contributed by atoms with E-state index < -0.39 is 45.2 Å². The van der Waals surface area contributed by atoms with E-state index in [4.69, 9.17) is 16.3 Å². The molecule has 1 unspecified atom stereocenters. The maximum Gasteiger partial charge on any atom is 0.274 e. The first-order valence-electron chi connectivity index (χ1n) is 9.93. The third kappa shape index (κ3) is 3.43. The molecule has 2 aliphatic heterocycles. The number of hydrogen-bond acceptors (Lipinski definition) is 5. The minimum Gasteiger partial charge on any atom is -0.503 e. The van der Waals surface area contributed by atoms with E-state index in [1.807, 2.05) is 13.8 Å². The monoisotopic (exact) mass is 467 g/mol. The van der Waals surface area contributed by atoms with Gasteiger partial charge in [-0.05, 0) is 19.9 Å². The van der Waals surface area contributed by atoms with Crippen molar-refractivity contribution in [3.63, 3.8) is 0 Å². The third-order valence-corrected chi connectivity index (χ3v) is 6.02. The molecule has 0 radical (unpaired) electrons. The first-order chi connectivity index (χ1) is 15.1. The smallest absolute Gasteiger partial charge is 0.274 e. The van der Waals surface area contributed by atoms with Crippen LogP contribution in [0.25, 0.3) is 0 Å². The van der Waals surface area contributed by atoms with Crippen molar-refractivity contribution in [1.29, 1.82) is 0 Å². The molecule has 1 atom stereocenters. The highest BCUT2D eigenvalue weighted by molar-refractivity contribution is 6.30. The predicted octanol–water partition coefficient (Wildman–Crippen LogP) is 2.35. The fourth-order valence-electron chi connectivity index (χ4n) is 4.07. The first-order valence-corrected chi connectivity index (χ1v) is 10.3. The molecule has 0 fully saturated rings. The summed E-state index contributed by atoms with van der Waals surface area (Å²) in [5.41, 5.74) is -1.52. The number of carbonyl (C=O) groups excluding carboxylic acids is 2. The van der Waals surface area contributed by atoms with E-state index in [1.54, 1.807) is 0 Å². The van der Waals surface area contributed by atoms with Crippen molar-refractivity contribution in [3.05, 3.63) is 61.5 Å². The molecule has 170 valence electrons. The summed E-state index contributed by atoms with van der Waals surface area (Å²) in [6.45, 7) is 3.66. The van der Waals surface area contributed by atoms with Gasteiger partial charge in [-0.2, -0.15) is 0 Å². The molecule has 4 rings (SSSR count). The summed E-state index contributed by atoms with van der Waals surface area (Å²) in [5.74, 6) is -4.19. The Bertz CT molecular complexity index is 1200. The van der Waals surface area contributed by atoms with Gasteiger partial charge in [-0.15, -0.1) is 0 Å². The Morgan fingerprint density at radius 3 is 2.75 bits per heavy atom. The minimum absolute atomic E-state index is 0.0856. The molecule has 2 aromatic rings. The Balaban J connectivity index is 1.74. The van der Waals surface area contributed by atoms with E-state index in [9.17, 15) is 28.3 Å². The van der Waals surface area contributed by atoms with Gasteiger partial charge in [0.15, 0.2) is 11.4 Å². The fraction of sp³-hybridized carbons (Fsp3) is 0.381. The highest BCUT2D eigenvalue weighted by atomic mass is 35.5. The van der Waals surface area contributed by atoms with Crippen LogP contribution in [0.5, 0.6) is 5.75 Å². The molecule has 3 heterocycles. The number of aromatic hydroxyl groups is 1. The van der Waals surface area contributed by atoms with Crippen LogP contribution in [-0.4, -0.2) is 45.6 Å². The van der Waals surface area contributed by atoms with Gasteiger partial charge >= 0.3 is 0 Å². The second kappa shape index (κ2) is 8.18. The lowest BCUT2D eigenvalue weighted by Gasteiger charge is -2.41. The predicted molar refractivity (Wildman–Crippen MR) is 110 cm³/mol. The second-order valence-electron chi connectivity index (χ2n) is 7.96. The van der Waals surface area contributed by atoms with Gasteiger partial charge in [0.2, 0.25) is 5.43 Å². The van der Waals surface area contributed by atoms with Crippen LogP contribution in [0.4, 0.5) is 8.78 Å². The molecule has 2 amide bonds. The van der Waals surface area contributed by atoms with Gasteiger partial charge in [-0.3, -0.25) is 14.4 Å². The number of carbonyl (C=O) groups is 2. The topological polar surface area (TPSA) is 101 Å². The van der Waals surface area contributed by atoms with Gasteiger partial charge in [0.1, 0.15) is 22.2 Å². The lowest BCUT2D eigenvalue weighted by molar-refractivity contribution is 0.0192. The molecule has 0 spiro atoms. The Kier molecular flexibility index (Phi) is 5.68. The number of nitrogens with zero attached hydrogens (tertiary/aromatic N) is 2. The molecule has 0 saturated carbocycles. The third-order valence-electron chi connectivity index (χ3n) is 5.68. The van der Waals surface area contributed by atoms with Crippen LogP contribution in [0.2, 0.25) is 5.02 Å². The number of pyridine rings is 1. The number of hydrogen-bond donors (Lipinski definition) is 2. The number of ether oxygens (including phenoxy) is 1. The van der Waals surface area contributed by atoms with E-state index in [-0.39, 0.29) is 48.8 Å². The van der Waals surface area contributed by atoms with Crippen LogP contribution in [0.15, 0.2) is 16.9 Å². The quantitative estimate of drug-likeness (QED) is 0.672. The summed E-state index contributed by atoms with van der Waals surface area (Å²) in [6.07, 6.45) is 0. The molecule has 8 nitrogen and oxygen atoms in total. The summed E-state index contributed by atoms with van der Waals surface area (Å²) in [5, 5.41) is 12.3. The van der Waals surface area contributed by atoms with Gasteiger partial charge in [-0.1, -0.05) is 17.7 Å². The number of rotatable bonds is 4. The summed E-state index contributed by atoms with van der Waals surface area (Å²) in [7, 11) is 0. The zero-order valence-electron chi connectivity index (χ0n) is 17.2. The van der Waals surface area contributed by atoms with Gasteiger partial charge in [0.25, 0.3) is 11.8 Å². The Hall–Kier alpha value is -2.98. The van der Waals surface area contributed by atoms with Crippen LogP contribution in [0.1, 0.15) is 52.0 Å². The summed E-state index contributed by atoms with van der Waals surface area (Å²) in [4.78, 5) is 40.2. The van der Waals surface area contributed by atoms with Crippen molar-refractivity contribution in [1.82, 2.24) is 14.8 Å². The average Bonchev–Trinajstić information content (AvgIpc) is 2.75. The molecule has 11 heteroatoms. The zero-order valence-corrected chi connectivity index (χ0v) is 18.0. The summed E-state index contributed by atoms with van der Waals surface area (Å²) < 4.78 is 34.6. The van der Waals surface area contributed by atoms with E-state index in [0.29, 0.717) is 6.54 Å². The first kappa shape index (κ1) is 22.2. The maximum absolute atomic E-state index is 14.1. The van der Waals surface area contributed by atoms with Crippen molar-refractivity contribution in [2.24, 2.45) is 0 Å². The standard InChI is InChI=1S/C21H20ClF2N3O5/c1-9(2)26-6-11-7-32-8-13-14(18(28)19(29)17(21(26)31)27(11)13)20(30)25-5-10-3-4-12(23)15(22)16(10)24/h3-4,9,11,29H,5-8H2,1-2H3,(H,25,30). The minimum atomic E-state index is -1.03. The molecule has 0 aliphatic carbocycles. The van der Waals surface area contributed by atoms with Crippen LogP contribution in [0.3, 0.4) is 0 Å². The summed E-state index contributed by atoms with van der Waals surface area (Å²) in [6, 6.07) is 1.52. The molecule has 1 aromatic carbocycles. The van der Waals surface area contributed by atoms with Crippen LogP contribution in [0, 0.1) is 11.6 Å². The second-order valence-corrected chi connectivity index (χ2v) is 8.33. The van der Waals surface area contributed by atoms with E-state index in [1.165, 1.54) is 9.47 Å². The Morgan fingerprint density at radius 2 is 2.06 bits per heavy atom. The van der Waals surface area contributed by atoms with E-state index in [0.717, 1.165) is 12.1 Å². The number of halogens is 3. The normalized spacial score (nSPS) is 17.5. The highest BCUT2D eigenvalue weighted by Crippen LogP contribution is 2.33. The van der Waals surface area contributed by atoms with Crippen molar-refractivity contribution >= 4 is 23.4 Å². The lowest BCUT2D eigenvalue weighted by atomic mass is 10.0. The van der Waals surface area contributed by atoms with E-state index in [2.05, 4.69) is 5.32 Å². The number of benzene rings is 1. The number of aromatic nitrogens is 1. The van der Waals surface area contributed by atoms with Crippen LogP contribution in [-0.2, 0) is 17.9 Å². The van der Waals surface area contributed by atoms with Gasteiger partial charge in [0, 0.05) is 24.7 Å². The van der Waals surface area contributed by atoms with Gasteiger partial charge < -0.3 is 24.6 Å². The molecular formula is C21H20ClF2N3O5. The van der Waals surface area contributed by atoms with Gasteiger partial charge in [-0.25, -0.2) is 8.78 Å². The number of nitrogens with one attached hydrogen (secondary N) is 1. The fourth-order valence-corrected chi connectivity index (χ4v) is 4.25. The van der Waals surface area contributed by atoms with E-state index >= 15 is 0 Å². The van der Waals surface area contributed by atoms with Crippen molar-refractivity contribution in [2.45, 2.75) is 39.1 Å². The van der Waals surface area contributed by atoms with Gasteiger partial charge in [0.05, 0.1) is 24.9 Å². The lowest BCUT2D eigenvalue weighted by Crippen LogP contribution is -2.51. The van der Waals surface area contributed by atoms with Crippen molar-refractivity contribution in [2.75, 3.05) is 13.2 Å². The summed E-state index contributed by atoms with van der Waals surface area (Å²) >= 11 is 5.56. The maximum atomic E-state index is 14.1. The van der Waals surface area contributed by atoms with Crippen LogP contribution >= 0.6 is 11.6 Å². The molecule has 0 saturated heterocycles. The highest BCUT2D eigenvalue weighted by Gasteiger charge is 2.41. The van der Waals surface area contributed by atoms with Crippen molar-refractivity contribution < 1.29 is 28.2 Å². The largest absolute Gasteiger partial charge is 0.503 e. The SMILES string of the molecule is CC(C)N1CC2COCc3c(C(=O)NCc4ccc(F)c(Cl)c4F)c(=O)c(O)c(n32)C1=O. The molecule has 2 aliphatic rings. The van der Waals surface area contributed by atoms with Crippen LogP contribution < -0.4 is 10.7 Å². The number of amides is 2. The molecule has 1 aromatic heterocycles. The Morgan fingerprint density at radius 1 is 1.34 bits per heavy atom. The Labute approximate surface area is 186 Å². The molecule has 0 bridgehead atoms. The zero-order chi connectivity index (χ0) is 23.3. The molecular weight excluding hydrogens is 448 g/mol. The molecule has 32 heavy (non-hydrogen) atoms. The van der Waals surface area contributed by atoms with Crippen molar-refractivity contribution in [3.8, 4) is 5.75 Å². The molecule has 2 N–H and O–H groups in total.